The van der Waals surface area contributed by atoms with E-state index in [1.165, 1.54) is 6.42 Å². The molecule has 2 unspecified atom stereocenters. The minimum atomic E-state index is -0.774. The molecule has 20 heavy (non-hydrogen) atoms. The third-order valence-electron chi connectivity index (χ3n) is 4.77. The third kappa shape index (κ3) is 3.53. The zero-order chi connectivity index (χ0) is 15.0. The van der Waals surface area contributed by atoms with Gasteiger partial charge < -0.3 is 10.0 Å². The van der Waals surface area contributed by atoms with Gasteiger partial charge in [-0.2, -0.15) is 0 Å². The molecule has 1 heterocycles. The molecule has 4 nitrogen and oxygen atoms in total. The van der Waals surface area contributed by atoms with E-state index >= 15 is 0 Å². The SMILES string of the molecule is CC1(C)CC2CC(C)(CN2C(=O)CCCCC(=O)O)C1. The van der Waals surface area contributed by atoms with E-state index in [1.807, 2.05) is 0 Å². The zero-order valence-corrected chi connectivity index (χ0v) is 12.9. The van der Waals surface area contributed by atoms with Gasteiger partial charge in [-0.1, -0.05) is 20.8 Å². The second-order valence-corrected chi connectivity index (χ2v) is 7.84. The second-order valence-electron chi connectivity index (χ2n) is 7.84. The molecule has 2 rings (SSSR count). The van der Waals surface area contributed by atoms with Crippen molar-refractivity contribution < 1.29 is 14.7 Å². The normalized spacial score (nSPS) is 31.4. The van der Waals surface area contributed by atoms with Gasteiger partial charge in [0.25, 0.3) is 0 Å². The van der Waals surface area contributed by atoms with E-state index in [1.54, 1.807) is 0 Å². The van der Waals surface area contributed by atoms with E-state index < -0.39 is 5.97 Å². The Morgan fingerprint density at radius 3 is 2.45 bits per heavy atom. The number of amides is 1. The monoisotopic (exact) mass is 281 g/mol. The summed E-state index contributed by atoms with van der Waals surface area (Å²) in [5.41, 5.74) is 0.610. The number of fused-ring (bicyclic) bond motifs is 2. The first kappa shape index (κ1) is 15.3. The maximum Gasteiger partial charge on any atom is 0.303 e. The minimum absolute atomic E-state index is 0.168. The lowest BCUT2D eigenvalue weighted by atomic mass is 9.65. The molecule has 1 saturated heterocycles. The first-order valence-corrected chi connectivity index (χ1v) is 7.72. The number of nitrogens with zero attached hydrogens (tertiary/aromatic N) is 1. The van der Waals surface area contributed by atoms with Gasteiger partial charge in [-0.3, -0.25) is 9.59 Å². The van der Waals surface area contributed by atoms with Crippen LogP contribution in [-0.2, 0) is 9.59 Å². The van der Waals surface area contributed by atoms with Crippen molar-refractivity contribution in [3.05, 3.63) is 0 Å². The average Bonchev–Trinajstić information content (AvgIpc) is 2.53. The molecule has 2 bridgehead atoms. The molecular formula is C16H27NO3. The first-order chi connectivity index (χ1) is 9.21. The Bertz CT molecular complexity index is 405. The maximum atomic E-state index is 12.4. The smallest absolute Gasteiger partial charge is 0.303 e. The average molecular weight is 281 g/mol. The number of carboxylic acid groups (broad SMARTS) is 1. The van der Waals surface area contributed by atoms with Gasteiger partial charge >= 0.3 is 5.97 Å². The van der Waals surface area contributed by atoms with Gasteiger partial charge in [0.2, 0.25) is 5.91 Å². The number of hydrogen-bond acceptors (Lipinski definition) is 2. The summed E-state index contributed by atoms with van der Waals surface area (Å²) in [5, 5.41) is 8.61. The Morgan fingerprint density at radius 2 is 1.80 bits per heavy atom. The summed E-state index contributed by atoms with van der Waals surface area (Å²) in [6, 6.07) is 0.399. The quantitative estimate of drug-likeness (QED) is 0.788. The Balaban J connectivity index is 1.87. The topological polar surface area (TPSA) is 57.6 Å². The molecule has 114 valence electrons. The largest absolute Gasteiger partial charge is 0.481 e. The Kier molecular flexibility index (Phi) is 4.12. The van der Waals surface area contributed by atoms with Crippen LogP contribution in [0, 0.1) is 10.8 Å². The van der Waals surface area contributed by atoms with Gasteiger partial charge in [-0.15, -0.1) is 0 Å². The predicted molar refractivity (Wildman–Crippen MR) is 77.3 cm³/mol. The summed E-state index contributed by atoms with van der Waals surface area (Å²) in [6.07, 6.45) is 5.39. The number of likely N-dealkylation sites (tertiary alicyclic amines) is 1. The van der Waals surface area contributed by atoms with Crippen molar-refractivity contribution >= 4 is 11.9 Å². The highest BCUT2D eigenvalue weighted by Gasteiger charge is 2.50. The lowest BCUT2D eigenvalue weighted by Gasteiger charge is -2.39. The molecule has 1 saturated carbocycles. The van der Waals surface area contributed by atoms with Crippen molar-refractivity contribution in [2.75, 3.05) is 6.54 Å². The van der Waals surface area contributed by atoms with Crippen LogP contribution in [-0.4, -0.2) is 34.5 Å². The Labute approximate surface area is 121 Å². The molecule has 4 heteroatoms. The van der Waals surface area contributed by atoms with Gasteiger partial charge in [-0.05, 0) is 42.9 Å². The molecule has 1 N–H and O–H groups in total. The molecule has 0 spiro atoms. The van der Waals surface area contributed by atoms with Crippen LogP contribution in [0.4, 0.5) is 0 Å². The summed E-state index contributed by atoms with van der Waals surface area (Å²) in [6.45, 7) is 7.80. The summed E-state index contributed by atoms with van der Waals surface area (Å²) >= 11 is 0. The van der Waals surface area contributed by atoms with Crippen LogP contribution in [0.1, 0.15) is 65.7 Å². The molecule has 1 aliphatic heterocycles. The molecule has 1 amide bonds. The summed E-state index contributed by atoms with van der Waals surface area (Å²) in [7, 11) is 0. The number of unbranched alkanes of at least 4 members (excludes halogenated alkanes) is 1. The van der Waals surface area contributed by atoms with Crippen molar-refractivity contribution in [1.82, 2.24) is 4.90 Å². The summed E-state index contributed by atoms with van der Waals surface area (Å²) in [4.78, 5) is 24.9. The molecule has 0 aromatic carbocycles. The van der Waals surface area contributed by atoms with Crippen molar-refractivity contribution in [2.24, 2.45) is 10.8 Å². The van der Waals surface area contributed by atoms with Crippen LogP contribution in [0.25, 0.3) is 0 Å². The predicted octanol–water partition coefficient (Wildman–Crippen LogP) is 3.06. The standard InChI is InChI=1S/C16H27NO3/c1-15(2)8-12-9-16(3,10-15)11-17(12)13(18)6-4-5-7-14(19)20/h12H,4-11H2,1-3H3,(H,19,20). The van der Waals surface area contributed by atoms with E-state index in [9.17, 15) is 9.59 Å². The first-order valence-electron chi connectivity index (χ1n) is 7.72. The van der Waals surface area contributed by atoms with Crippen LogP contribution < -0.4 is 0 Å². The summed E-state index contributed by atoms with van der Waals surface area (Å²) < 4.78 is 0. The van der Waals surface area contributed by atoms with E-state index in [0.717, 1.165) is 19.4 Å². The highest BCUT2D eigenvalue weighted by Crippen LogP contribution is 2.52. The number of rotatable bonds is 5. The molecule has 0 aromatic heterocycles. The number of hydrogen-bond donors (Lipinski definition) is 1. The van der Waals surface area contributed by atoms with E-state index in [2.05, 4.69) is 25.7 Å². The molecule has 2 fully saturated rings. The molecular weight excluding hydrogens is 254 g/mol. The van der Waals surface area contributed by atoms with Crippen molar-refractivity contribution in [3.63, 3.8) is 0 Å². The minimum Gasteiger partial charge on any atom is -0.481 e. The molecule has 0 radical (unpaired) electrons. The fraction of sp³-hybridized carbons (Fsp3) is 0.875. The van der Waals surface area contributed by atoms with Crippen molar-refractivity contribution in [3.8, 4) is 0 Å². The van der Waals surface area contributed by atoms with Gasteiger partial charge in [0, 0.05) is 25.4 Å². The Hall–Kier alpha value is -1.06. The lowest BCUT2D eigenvalue weighted by molar-refractivity contribution is -0.137. The number of carbonyl (C=O) groups excluding carboxylic acids is 1. The van der Waals surface area contributed by atoms with Gasteiger partial charge in [0.05, 0.1) is 0 Å². The van der Waals surface area contributed by atoms with Crippen LogP contribution in [0.3, 0.4) is 0 Å². The fourth-order valence-corrected chi connectivity index (χ4v) is 4.45. The molecule has 2 atom stereocenters. The zero-order valence-electron chi connectivity index (χ0n) is 12.9. The molecule has 2 aliphatic rings. The highest BCUT2D eigenvalue weighted by molar-refractivity contribution is 5.77. The number of carbonyl (C=O) groups is 2. The lowest BCUT2D eigenvalue weighted by Crippen LogP contribution is -2.37. The van der Waals surface area contributed by atoms with Gasteiger partial charge in [0.1, 0.15) is 0 Å². The fourth-order valence-electron chi connectivity index (χ4n) is 4.45. The van der Waals surface area contributed by atoms with Gasteiger partial charge in [0.15, 0.2) is 0 Å². The number of carboxylic acids is 1. The van der Waals surface area contributed by atoms with Crippen molar-refractivity contribution in [1.29, 1.82) is 0 Å². The van der Waals surface area contributed by atoms with E-state index in [0.29, 0.717) is 30.7 Å². The highest BCUT2D eigenvalue weighted by atomic mass is 16.4. The van der Waals surface area contributed by atoms with Crippen molar-refractivity contribution in [2.45, 2.75) is 71.8 Å². The van der Waals surface area contributed by atoms with E-state index in [-0.39, 0.29) is 17.7 Å². The van der Waals surface area contributed by atoms with Crippen LogP contribution in [0.5, 0.6) is 0 Å². The molecule has 0 aromatic rings. The molecule has 1 aliphatic carbocycles. The second kappa shape index (κ2) is 5.38. The van der Waals surface area contributed by atoms with Crippen LogP contribution >= 0.6 is 0 Å². The third-order valence-corrected chi connectivity index (χ3v) is 4.77. The van der Waals surface area contributed by atoms with Crippen LogP contribution in [0.15, 0.2) is 0 Å². The van der Waals surface area contributed by atoms with Gasteiger partial charge in [-0.25, -0.2) is 0 Å². The van der Waals surface area contributed by atoms with Crippen LogP contribution in [0.2, 0.25) is 0 Å². The van der Waals surface area contributed by atoms with E-state index in [4.69, 9.17) is 5.11 Å². The Morgan fingerprint density at radius 1 is 1.15 bits per heavy atom. The summed E-state index contributed by atoms with van der Waals surface area (Å²) in [5.74, 6) is -0.550. The maximum absolute atomic E-state index is 12.4. The number of aliphatic carboxylic acids is 1.